The van der Waals surface area contributed by atoms with Crippen LogP contribution in [0.15, 0.2) is 23.9 Å². The largest absolute Gasteiger partial charge is 0.351 e. The molecule has 1 aromatic heterocycles. The van der Waals surface area contributed by atoms with Gasteiger partial charge < -0.3 is 4.57 Å². The summed E-state index contributed by atoms with van der Waals surface area (Å²) in [5.41, 5.74) is 0.893. The molecule has 1 N–H and O–H groups in total. The lowest BCUT2D eigenvalue weighted by Gasteiger charge is -2.27. The Bertz CT molecular complexity index is 559. The molecule has 0 saturated carbocycles. The molecule has 1 aliphatic heterocycles. The molecule has 1 saturated heterocycles. The van der Waals surface area contributed by atoms with E-state index in [0.717, 1.165) is 5.69 Å². The summed E-state index contributed by atoms with van der Waals surface area (Å²) in [5, 5.41) is 2.68. The van der Waals surface area contributed by atoms with Crippen molar-refractivity contribution in [1.29, 1.82) is 0 Å². The first kappa shape index (κ1) is 12.5. The van der Waals surface area contributed by atoms with E-state index < -0.39 is 5.91 Å². The Labute approximate surface area is 110 Å². The van der Waals surface area contributed by atoms with Crippen molar-refractivity contribution < 1.29 is 9.59 Å². The Balaban J connectivity index is 2.40. The molecule has 5 nitrogen and oxygen atoms in total. The summed E-state index contributed by atoms with van der Waals surface area (Å²) in [7, 11) is 1.85. The molecule has 2 heterocycles. The monoisotopic (exact) mass is 263 g/mol. The molecule has 2 amide bonds. The van der Waals surface area contributed by atoms with Crippen LogP contribution in [-0.4, -0.2) is 32.9 Å². The van der Waals surface area contributed by atoms with Gasteiger partial charge in [0, 0.05) is 25.5 Å². The molecule has 0 unspecified atom stereocenters. The normalized spacial score (nSPS) is 18.4. The van der Waals surface area contributed by atoms with Crippen LogP contribution < -0.4 is 5.32 Å². The average molecular weight is 263 g/mol. The molecule has 0 aromatic carbocycles. The van der Waals surface area contributed by atoms with Crippen LogP contribution in [0.5, 0.6) is 0 Å². The van der Waals surface area contributed by atoms with Gasteiger partial charge in [-0.05, 0) is 37.4 Å². The van der Waals surface area contributed by atoms with E-state index in [9.17, 15) is 9.59 Å². The summed E-state index contributed by atoms with van der Waals surface area (Å²) in [5.74, 6) is -0.802. The Morgan fingerprint density at radius 3 is 2.72 bits per heavy atom. The number of nitrogens with one attached hydrogen (secondary N) is 1. The third kappa shape index (κ3) is 2.06. The van der Waals surface area contributed by atoms with Crippen molar-refractivity contribution in [2.45, 2.75) is 6.92 Å². The minimum Gasteiger partial charge on any atom is -0.351 e. The summed E-state index contributed by atoms with van der Waals surface area (Å²) >= 11 is 4.95. The summed E-state index contributed by atoms with van der Waals surface area (Å²) < 4.78 is 1.83. The number of aromatic nitrogens is 1. The predicted molar refractivity (Wildman–Crippen MR) is 71.5 cm³/mol. The van der Waals surface area contributed by atoms with Crippen molar-refractivity contribution in [3.05, 3.63) is 29.6 Å². The number of carbonyl (C=O) groups is 2. The number of hydrogen-bond donors (Lipinski definition) is 1. The summed E-state index contributed by atoms with van der Waals surface area (Å²) in [6.07, 6.45) is 3.42. The highest BCUT2D eigenvalue weighted by Gasteiger charge is 2.32. The maximum absolute atomic E-state index is 12.1. The Morgan fingerprint density at radius 1 is 1.44 bits per heavy atom. The van der Waals surface area contributed by atoms with Crippen molar-refractivity contribution >= 4 is 35.2 Å². The lowest BCUT2D eigenvalue weighted by Crippen LogP contribution is -2.53. The molecule has 1 aliphatic rings. The smallest absolute Gasteiger partial charge is 0.265 e. The standard InChI is InChI=1S/C12H13N3O2S/c1-3-15-11(17)9(10(16)13-12(15)18)7-8-5-4-6-14(8)2/h4-7H,3H2,1-2H3,(H,13,16,18)/b9-7+. The molecule has 1 aromatic rings. The first-order chi connectivity index (χ1) is 8.54. The molecule has 94 valence electrons. The molecule has 6 heteroatoms. The van der Waals surface area contributed by atoms with Gasteiger partial charge in [0.15, 0.2) is 5.11 Å². The second kappa shape index (κ2) is 4.73. The van der Waals surface area contributed by atoms with Crippen LogP contribution in [0, 0.1) is 0 Å². The van der Waals surface area contributed by atoms with Gasteiger partial charge in [0.1, 0.15) is 5.57 Å². The molecule has 0 radical (unpaired) electrons. The van der Waals surface area contributed by atoms with Gasteiger partial charge in [0.2, 0.25) is 0 Å². The summed E-state index contributed by atoms with van der Waals surface area (Å²) in [6, 6.07) is 3.68. The Hall–Kier alpha value is -1.95. The van der Waals surface area contributed by atoms with Gasteiger partial charge in [0.05, 0.1) is 0 Å². The molecular weight excluding hydrogens is 250 g/mol. The quantitative estimate of drug-likeness (QED) is 0.485. The topological polar surface area (TPSA) is 54.3 Å². The Morgan fingerprint density at radius 2 is 2.17 bits per heavy atom. The molecule has 0 aliphatic carbocycles. The van der Waals surface area contributed by atoms with Gasteiger partial charge in [-0.3, -0.25) is 19.8 Å². The SMILES string of the molecule is CCN1C(=O)/C(=C/c2cccn2C)C(=O)NC1=S. The van der Waals surface area contributed by atoms with Crippen molar-refractivity contribution in [1.82, 2.24) is 14.8 Å². The number of likely N-dealkylation sites (N-methyl/N-ethyl adjacent to an activating group) is 1. The van der Waals surface area contributed by atoms with Crippen molar-refractivity contribution in [2.24, 2.45) is 7.05 Å². The van der Waals surface area contributed by atoms with Crippen LogP contribution in [0.1, 0.15) is 12.6 Å². The first-order valence-electron chi connectivity index (χ1n) is 5.54. The van der Waals surface area contributed by atoms with Gasteiger partial charge in [-0.15, -0.1) is 0 Å². The van der Waals surface area contributed by atoms with Crippen molar-refractivity contribution in [2.75, 3.05) is 6.54 Å². The van der Waals surface area contributed by atoms with Gasteiger partial charge in [0.25, 0.3) is 11.8 Å². The number of hydrogen-bond acceptors (Lipinski definition) is 3. The van der Waals surface area contributed by atoms with Gasteiger partial charge in [-0.1, -0.05) is 0 Å². The Kier molecular flexibility index (Phi) is 3.29. The lowest BCUT2D eigenvalue weighted by atomic mass is 10.1. The van der Waals surface area contributed by atoms with E-state index in [1.54, 1.807) is 6.08 Å². The fraction of sp³-hybridized carbons (Fsp3) is 0.250. The van der Waals surface area contributed by atoms with E-state index in [0.29, 0.717) is 6.54 Å². The highest BCUT2D eigenvalue weighted by Crippen LogP contribution is 2.14. The van der Waals surface area contributed by atoms with Gasteiger partial charge in [-0.25, -0.2) is 0 Å². The third-order valence-corrected chi connectivity index (χ3v) is 3.10. The van der Waals surface area contributed by atoms with Gasteiger partial charge in [-0.2, -0.15) is 0 Å². The average Bonchev–Trinajstić information content (AvgIpc) is 2.70. The van der Waals surface area contributed by atoms with Crippen LogP contribution in [0.4, 0.5) is 0 Å². The van der Waals surface area contributed by atoms with Crippen molar-refractivity contribution in [3.8, 4) is 0 Å². The van der Waals surface area contributed by atoms with E-state index in [2.05, 4.69) is 5.32 Å². The number of aryl methyl sites for hydroxylation is 1. The van der Waals surface area contributed by atoms with Crippen LogP contribution >= 0.6 is 12.2 Å². The van der Waals surface area contributed by atoms with E-state index in [1.807, 2.05) is 36.9 Å². The number of nitrogens with zero attached hydrogens (tertiary/aromatic N) is 2. The predicted octanol–water partition coefficient (Wildman–Crippen LogP) is 0.672. The minimum absolute atomic E-state index is 0.104. The highest BCUT2D eigenvalue weighted by molar-refractivity contribution is 7.80. The minimum atomic E-state index is -0.448. The number of carbonyl (C=O) groups excluding carboxylic acids is 2. The molecule has 2 rings (SSSR count). The molecule has 0 spiro atoms. The van der Waals surface area contributed by atoms with Crippen LogP contribution in [0.3, 0.4) is 0 Å². The lowest BCUT2D eigenvalue weighted by molar-refractivity contribution is -0.128. The van der Waals surface area contributed by atoms with Crippen LogP contribution in [-0.2, 0) is 16.6 Å². The molecule has 1 fully saturated rings. The zero-order valence-electron chi connectivity index (χ0n) is 10.1. The number of amides is 2. The molecule has 0 atom stereocenters. The van der Waals surface area contributed by atoms with E-state index in [4.69, 9.17) is 12.2 Å². The molecule has 18 heavy (non-hydrogen) atoms. The first-order valence-corrected chi connectivity index (χ1v) is 5.95. The molecule has 0 bridgehead atoms. The van der Waals surface area contributed by atoms with E-state index in [-0.39, 0.29) is 16.6 Å². The second-order valence-corrected chi connectivity index (χ2v) is 4.30. The highest BCUT2D eigenvalue weighted by atomic mass is 32.1. The zero-order chi connectivity index (χ0) is 13.3. The fourth-order valence-corrected chi connectivity index (χ4v) is 2.06. The third-order valence-electron chi connectivity index (χ3n) is 2.78. The fourth-order valence-electron chi connectivity index (χ4n) is 1.75. The number of rotatable bonds is 2. The van der Waals surface area contributed by atoms with Crippen LogP contribution in [0.25, 0.3) is 6.08 Å². The maximum Gasteiger partial charge on any atom is 0.265 e. The van der Waals surface area contributed by atoms with E-state index >= 15 is 0 Å². The summed E-state index contributed by atoms with van der Waals surface area (Å²) in [6.45, 7) is 2.24. The summed E-state index contributed by atoms with van der Waals surface area (Å²) in [4.78, 5) is 25.3. The zero-order valence-corrected chi connectivity index (χ0v) is 11.0. The maximum atomic E-state index is 12.1. The van der Waals surface area contributed by atoms with Crippen molar-refractivity contribution in [3.63, 3.8) is 0 Å². The van der Waals surface area contributed by atoms with Crippen LogP contribution in [0.2, 0.25) is 0 Å². The van der Waals surface area contributed by atoms with Gasteiger partial charge >= 0.3 is 0 Å². The van der Waals surface area contributed by atoms with E-state index in [1.165, 1.54) is 4.90 Å². The molecular formula is C12H13N3O2S. The second-order valence-electron chi connectivity index (χ2n) is 3.91. The number of thiocarbonyl (C=S) groups is 1.